The molecule has 4 heteroatoms. The summed E-state index contributed by atoms with van der Waals surface area (Å²) >= 11 is 0. The maximum atomic E-state index is 12.0. The lowest BCUT2D eigenvalue weighted by atomic mass is 9.78. The molecule has 17 heavy (non-hydrogen) atoms. The smallest absolute Gasteiger partial charge is 0.410 e. The van der Waals surface area contributed by atoms with Gasteiger partial charge in [0.1, 0.15) is 5.60 Å². The Hall–Kier alpha value is -0.770. The average Bonchev–Trinajstić information content (AvgIpc) is 2.74. The van der Waals surface area contributed by atoms with Crippen LogP contribution in [0.3, 0.4) is 0 Å². The molecule has 2 fully saturated rings. The molecule has 0 aromatic heterocycles. The average molecular weight is 240 g/mol. The van der Waals surface area contributed by atoms with Crippen LogP contribution in [0.2, 0.25) is 0 Å². The van der Waals surface area contributed by atoms with Crippen molar-refractivity contribution in [3.8, 4) is 0 Å². The van der Waals surface area contributed by atoms with Crippen molar-refractivity contribution < 1.29 is 9.53 Å². The van der Waals surface area contributed by atoms with Crippen molar-refractivity contribution in [2.45, 2.75) is 39.7 Å². The number of rotatable bonds is 0. The van der Waals surface area contributed by atoms with Gasteiger partial charge in [0, 0.05) is 25.0 Å². The van der Waals surface area contributed by atoms with Crippen LogP contribution in [0.1, 0.15) is 34.1 Å². The number of carbonyl (C=O) groups is 1. The summed E-state index contributed by atoms with van der Waals surface area (Å²) in [5.74, 6) is 0.560. The fourth-order valence-electron chi connectivity index (χ4n) is 2.91. The first-order valence-corrected chi connectivity index (χ1v) is 6.51. The largest absolute Gasteiger partial charge is 0.444 e. The van der Waals surface area contributed by atoms with Gasteiger partial charge in [-0.1, -0.05) is 6.92 Å². The second-order valence-corrected chi connectivity index (χ2v) is 6.55. The zero-order valence-electron chi connectivity index (χ0n) is 11.4. The SMILES string of the molecule is CC1CN(C(=O)OC(C)(C)C)CC12CCNC2. The molecule has 2 heterocycles. The van der Waals surface area contributed by atoms with Gasteiger partial charge >= 0.3 is 6.09 Å². The van der Waals surface area contributed by atoms with Gasteiger partial charge in [0.05, 0.1) is 0 Å². The number of nitrogens with one attached hydrogen (secondary N) is 1. The molecule has 98 valence electrons. The van der Waals surface area contributed by atoms with Gasteiger partial charge < -0.3 is 15.0 Å². The van der Waals surface area contributed by atoms with Crippen LogP contribution in [-0.2, 0) is 4.74 Å². The van der Waals surface area contributed by atoms with E-state index >= 15 is 0 Å². The number of ether oxygens (including phenoxy) is 1. The normalized spacial score (nSPS) is 33.4. The zero-order valence-corrected chi connectivity index (χ0v) is 11.4. The predicted molar refractivity (Wildman–Crippen MR) is 66.9 cm³/mol. The summed E-state index contributed by atoms with van der Waals surface area (Å²) in [6.07, 6.45) is 1.01. The topological polar surface area (TPSA) is 41.6 Å². The highest BCUT2D eigenvalue weighted by Crippen LogP contribution is 2.41. The first-order chi connectivity index (χ1) is 7.82. The van der Waals surface area contributed by atoms with Crippen molar-refractivity contribution >= 4 is 6.09 Å². The van der Waals surface area contributed by atoms with Crippen LogP contribution < -0.4 is 5.32 Å². The minimum atomic E-state index is -0.399. The molecule has 2 rings (SSSR count). The molecule has 2 atom stereocenters. The van der Waals surface area contributed by atoms with Crippen LogP contribution >= 0.6 is 0 Å². The first kappa shape index (κ1) is 12.7. The number of nitrogens with zero attached hydrogens (tertiary/aromatic N) is 1. The molecule has 0 aliphatic carbocycles. The summed E-state index contributed by atoms with van der Waals surface area (Å²) in [6.45, 7) is 11.8. The highest BCUT2D eigenvalue weighted by Gasteiger charge is 2.47. The van der Waals surface area contributed by atoms with Gasteiger partial charge in [0.25, 0.3) is 0 Å². The van der Waals surface area contributed by atoms with E-state index in [0.717, 1.165) is 26.2 Å². The van der Waals surface area contributed by atoms with Gasteiger partial charge in [-0.25, -0.2) is 4.79 Å². The lowest BCUT2D eigenvalue weighted by Gasteiger charge is -2.27. The minimum Gasteiger partial charge on any atom is -0.444 e. The van der Waals surface area contributed by atoms with Crippen LogP contribution in [0.15, 0.2) is 0 Å². The third kappa shape index (κ3) is 2.57. The molecule has 2 aliphatic heterocycles. The molecule has 0 aromatic rings. The molecule has 0 bridgehead atoms. The van der Waals surface area contributed by atoms with Crippen LogP contribution in [0.5, 0.6) is 0 Å². The van der Waals surface area contributed by atoms with Crippen molar-refractivity contribution in [2.24, 2.45) is 11.3 Å². The van der Waals surface area contributed by atoms with E-state index in [4.69, 9.17) is 4.74 Å². The summed E-state index contributed by atoms with van der Waals surface area (Å²) in [4.78, 5) is 13.9. The van der Waals surface area contributed by atoms with Gasteiger partial charge in [-0.05, 0) is 39.7 Å². The van der Waals surface area contributed by atoms with E-state index in [1.165, 1.54) is 6.42 Å². The second-order valence-electron chi connectivity index (χ2n) is 6.55. The number of hydrogen-bond acceptors (Lipinski definition) is 3. The Balaban J connectivity index is 1.99. The van der Waals surface area contributed by atoms with Gasteiger partial charge in [-0.2, -0.15) is 0 Å². The van der Waals surface area contributed by atoms with Crippen LogP contribution in [-0.4, -0.2) is 42.8 Å². The molecular formula is C13H24N2O2. The molecule has 1 amide bonds. The number of likely N-dealkylation sites (tertiary alicyclic amines) is 1. The molecule has 4 nitrogen and oxygen atoms in total. The monoisotopic (exact) mass is 240 g/mol. The van der Waals surface area contributed by atoms with E-state index in [-0.39, 0.29) is 11.5 Å². The van der Waals surface area contributed by atoms with Crippen molar-refractivity contribution in [3.63, 3.8) is 0 Å². The Morgan fingerprint density at radius 1 is 1.47 bits per heavy atom. The fraction of sp³-hybridized carbons (Fsp3) is 0.923. The summed E-state index contributed by atoms with van der Waals surface area (Å²) in [6, 6.07) is 0. The molecule has 0 radical (unpaired) electrons. The van der Waals surface area contributed by atoms with Gasteiger partial charge in [-0.15, -0.1) is 0 Å². The third-order valence-corrected chi connectivity index (χ3v) is 3.97. The zero-order chi connectivity index (χ0) is 12.7. The Labute approximate surface area is 104 Å². The van der Waals surface area contributed by atoms with E-state index in [1.54, 1.807) is 0 Å². The number of carbonyl (C=O) groups excluding carboxylic acids is 1. The standard InChI is InChI=1S/C13H24N2O2/c1-10-7-15(11(16)17-12(2,3)4)9-13(10)5-6-14-8-13/h10,14H,5-9H2,1-4H3. The Morgan fingerprint density at radius 2 is 2.18 bits per heavy atom. The Kier molecular flexibility index (Phi) is 3.10. The minimum absolute atomic E-state index is 0.159. The summed E-state index contributed by atoms with van der Waals surface area (Å²) < 4.78 is 5.44. The van der Waals surface area contributed by atoms with Crippen molar-refractivity contribution in [3.05, 3.63) is 0 Å². The van der Waals surface area contributed by atoms with E-state index in [2.05, 4.69) is 12.2 Å². The van der Waals surface area contributed by atoms with E-state index < -0.39 is 5.60 Å². The summed E-state index contributed by atoms with van der Waals surface area (Å²) in [5.41, 5.74) is -0.110. The molecular weight excluding hydrogens is 216 g/mol. The summed E-state index contributed by atoms with van der Waals surface area (Å²) in [7, 11) is 0. The molecule has 0 aromatic carbocycles. The van der Waals surface area contributed by atoms with Crippen LogP contribution in [0, 0.1) is 11.3 Å². The highest BCUT2D eigenvalue weighted by molar-refractivity contribution is 5.68. The second kappa shape index (κ2) is 4.16. The van der Waals surface area contributed by atoms with Crippen molar-refractivity contribution in [1.82, 2.24) is 10.2 Å². The van der Waals surface area contributed by atoms with E-state index in [1.807, 2.05) is 25.7 Å². The highest BCUT2D eigenvalue weighted by atomic mass is 16.6. The van der Waals surface area contributed by atoms with Crippen molar-refractivity contribution in [2.75, 3.05) is 26.2 Å². The number of amides is 1. The molecule has 2 unspecified atom stereocenters. The number of hydrogen-bond donors (Lipinski definition) is 1. The van der Waals surface area contributed by atoms with E-state index in [0.29, 0.717) is 5.92 Å². The molecule has 0 saturated carbocycles. The predicted octanol–water partition coefficient (Wildman–Crippen LogP) is 1.85. The van der Waals surface area contributed by atoms with Crippen LogP contribution in [0.4, 0.5) is 4.79 Å². The Bertz CT molecular complexity index is 303. The first-order valence-electron chi connectivity index (χ1n) is 6.51. The molecule has 2 saturated heterocycles. The summed E-state index contributed by atoms with van der Waals surface area (Å²) in [5, 5.41) is 3.41. The lowest BCUT2D eigenvalue weighted by molar-refractivity contribution is 0.0275. The lowest BCUT2D eigenvalue weighted by Crippen LogP contribution is -2.37. The van der Waals surface area contributed by atoms with E-state index in [9.17, 15) is 4.79 Å². The maximum absolute atomic E-state index is 12.0. The maximum Gasteiger partial charge on any atom is 0.410 e. The van der Waals surface area contributed by atoms with Gasteiger partial charge in [-0.3, -0.25) is 0 Å². The van der Waals surface area contributed by atoms with Gasteiger partial charge in [0.15, 0.2) is 0 Å². The molecule has 1 N–H and O–H groups in total. The van der Waals surface area contributed by atoms with Crippen LogP contribution in [0.25, 0.3) is 0 Å². The van der Waals surface area contributed by atoms with Crippen molar-refractivity contribution in [1.29, 1.82) is 0 Å². The third-order valence-electron chi connectivity index (χ3n) is 3.97. The quantitative estimate of drug-likeness (QED) is 0.702. The molecule has 1 spiro atoms. The van der Waals surface area contributed by atoms with Gasteiger partial charge in [0.2, 0.25) is 0 Å². The molecule has 2 aliphatic rings. The fourth-order valence-corrected chi connectivity index (χ4v) is 2.91. The Morgan fingerprint density at radius 3 is 2.71 bits per heavy atom.